The molecule has 1 aliphatic rings. The Balaban J connectivity index is 2.46. The van der Waals surface area contributed by atoms with Crippen LogP contribution in [-0.2, 0) is 4.74 Å². The summed E-state index contributed by atoms with van der Waals surface area (Å²) < 4.78 is 32.2. The molecular weight excluding hydrogens is 186 g/mol. The molecule has 0 heterocycles. The number of alkyl halides is 2. The van der Waals surface area contributed by atoms with Crippen LogP contribution in [0.2, 0.25) is 0 Å². The molecule has 1 nitrogen and oxygen atoms in total. The first kappa shape index (κ1) is 11.9. The summed E-state index contributed by atoms with van der Waals surface area (Å²) in [6, 6.07) is 0. The standard InChI is InChI=1S/C11H20F2O/c1-3-5-8-6-7-9(14-4-2)11(13)10(8)12/h8-11H,3-7H2,1-2H3. The highest BCUT2D eigenvalue weighted by molar-refractivity contribution is 4.88. The fourth-order valence-corrected chi connectivity index (χ4v) is 2.23. The molecule has 1 fully saturated rings. The molecule has 1 aliphatic carbocycles. The van der Waals surface area contributed by atoms with Crippen molar-refractivity contribution in [3.63, 3.8) is 0 Å². The summed E-state index contributed by atoms with van der Waals surface area (Å²) in [5.74, 6) is -0.0910. The summed E-state index contributed by atoms with van der Waals surface area (Å²) in [6.07, 6.45) is -0.0961. The van der Waals surface area contributed by atoms with E-state index in [0.717, 1.165) is 19.3 Å². The van der Waals surface area contributed by atoms with Gasteiger partial charge in [0.05, 0.1) is 6.10 Å². The number of hydrogen-bond acceptors (Lipinski definition) is 1. The highest BCUT2D eigenvalue weighted by Crippen LogP contribution is 2.34. The maximum Gasteiger partial charge on any atom is 0.157 e. The molecule has 4 unspecified atom stereocenters. The predicted octanol–water partition coefficient (Wildman–Crippen LogP) is 3.28. The highest BCUT2D eigenvalue weighted by Gasteiger charge is 2.39. The molecular formula is C11H20F2O. The molecule has 3 heteroatoms. The normalized spacial score (nSPS) is 38.6. The predicted molar refractivity (Wildman–Crippen MR) is 52.8 cm³/mol. The minimum absolute atomic E-state index is 0.0910. The van der Waals surface area contributed by atoms with Crippen LogP contribution in [0.25, 0.3) is 0 Å². The summed E-state index contributed by atoms with van der Waals surface area (Å²) in [6.45, 7) is 4.29. The van der Waals surface area contributed by atoms with Crippen LogP contribution in [0.15, 0.2) is 0 Å². The molecule has 1 rings (SSSR count). The lowest BCUT2D eigenvalue weighted by Crippen LogP contribution is -2.42. The van der Waals surface area contributed by atoms with E-state index in [1.54, 1.807) is 0 Å². The van der Waals surface area contributed by atoms with Crippen molar-refractivity contribution in [2.75, 3.05) is 6.61 Å². The van der Waals surface area contributed by atoms with E-state index in [2.05, 4.69) is 0 Å². The third-order valence-corrected chi connectivity index (χ3v) is 2.97. The summed E-state index contributed by atoms with van der Waals surface area (Å²) in [7, 11) is 0. The first-order valence-corrected chi connectivity index (χ1v) is 5.60. The Bertz CT molecular complexity index is 145. The number of halogens is 2. The van der Waals surface area contributed by atoms with Crippen LogP contribution in [0.1, 0.15) is 39.5 Å². The van der Waals surface area contributed by atoms with Crippen LogP contribution in [0.5, 0.6) is 0 Å². The van der Waals surface area contributed by atoms with Crippen molar-refractivity contribution in [3.8, 4) is 0 Å². The zero-order chi connectivity index (χ0) is 10.6. The number of hydrogen-bond donors (Lipinski definition) is 0. The van der Waals surface area contributed by atoms with Crippen molar-refractivity contribution < 1.29 is 13.5 Å². The minimum atomic E-state index is -1.42. The van der Waals surface area contributed by atoms with Crippen molar-refractivity contribution in [2.24, 2.45) is 5.92 Å². The van der Waals surface area contributed by atoms with Gasteiger partial charge in [0.25, 0.3) is 0 Å². The van der Waals surface area contributed by atoms with Gasteiger partial charge in [-0.15, -0.1) is 0 Å². The lowest BCUT2D eigenvalue weighted by Gasteiger charge is -2.34. The van der Waals surface area contributed by atoms with Crippen LogP contribution in [0.4, 0.5) is 8.78 Å². The summed E-state index contributed by atoms with van der Waals surface area (Å²) in [5.41, 5.74) is 0. The second-order valence-electron chi connectivity index (χ2n) is 4.01. The van der Waals surface area contributed by atoms with E-state index in [0.29, 0.717) is 13.0 Å². The smallest absolute Gasteiger partial charge is 0.157 e. The topological polar surface area (TPSA) is 9.23 Å². The number of ether oxygens (including phenoxy) is 1. The summed E-state index contributed by atoms with van der Waals surface area (Å²) in [5, 5.41) is 0. The molecule has 0 N–H and O–H groups in total. The zero-order valence-corrected chi connectivity index (χ0v) is 9.01. The molecule has 0 aromatic carbocycles. The SMILES string of the molecule is CCCC1CCC(OCC)C(F)C1F. The molecule has 0 aromatic heterocycles. The molecule has 1 saturated carbocycles. The van der Waals surface area contributed by atoms with Crippen molar-refractivity contribution in [3.05, 3.63) is 0 Å². The minimum Gasteiger partial charge on any atom is -0.375 e. The van der Waals surface area contributed by atoms with Gasteiger partial charge in [0.2, 0.25) is 0 Å². The van der Waals surface area contributed by atoms with Gasteiger partial charge in [-0.25, -0.2) is 8.78 Å². The Kier molecular flexibility index (Phi) is 4.79. The van der Waals surface area contributed by atoms with Gasteiger partial charge in [-0.2, -0.15) is 0 Å². The van der Waals surface area contributed by atoms with Crippen LogP contribution in [0.3, 0.4) is 0 Å². The van der Waals surface area contributed by atoms with E-state index in [1.807, 2.05) is 13.8 Å². The number of rotatable bonds is 4. The van der Waals surface area contributed by atoms with Crippen LogP contribution < -0.4 is 0 Å². The quantitative estimate of drug-likeness (QED) is 0.686. The first-order chi connectivity index (χ1) is 6.70. The Labute approximate surface area is 84.8 Å². The van der Waals surface area contributed by atoms with E-state index in [9.17, 15) is 8.78 Å². The molecule has 0 bridgehead atoms. The van der Waals surface area contributed by atoms with Crippen molar-refractivity contribution >= 4 is 0 Å². The van der Waals surface area contributed by atoms with Crippen LogP contribution in [0, 0.1) is 5.92 Å². The third kappa shape index (κ3) is 2.66. The lowest BCUT2D eigenvalue weighted by molar-refractivity contribution is -0.0719. The lowest BCUT2D eigenvalue weighted by atomic mass is 9.82. The van der Waals surface area contributed by atoms with Gasteiger partial charge in [-0.05, 0) is 32.1 Å². The van der Waals surface area contributed by atoms with Gasteiger partial charge >= 0.3 is 0 Å². The molecule has 0 saturated heterocycles. The second-order valence-corrected chi connectivity index (χ2v) is 4.01. The van der Waals surface area contributed by atoms with E-state index >= 15 is 0 Å². The van der Waals surface area contributed by atoms with Gasteiger partial charge in [0.15, 0.2) is 6.17 Å². The van der Waals surface area contributed by atoms with Crippen molar-refractivity contribution in [1.29, 1.82) is 0 Å². The highest BCUT2D eigenvalue weighted by atomic mass is 19.2. The maximum absolute atomic E-state index is 13.5. The first-order valence-electron chi connectivity index (χ1n) is 5.60. The Hall–Kier alpha value is -0.180. The molecule has 14 heavy (non-hydrogen) atoms. The Morgan fingerprint density at radius 2 is 1.86 bits per heavy atom. The molecule has 0 aliphatic heterocycles. The van der Waals surface area contributed by atoms with Crippen molar-refractivity contribution in [1.82, 2.24) is 0 Å². The monoisotopic (exact) mass is 206 g/mol. The fourth-order valence-electron chi connectivity index (χ4n) is 2.23. The average molecular weight is 206 g/mol. The largest absolute Gasteiger partial charge is 0.375 e. The molecule has 0 spiro atoms. The molecule has 0 radical (unpaired) electrons. The molecule has 4 atom stereocenters. The molecule has 0 amide bonds. The van der Waals surface area contributed by atoms with Gasteiger partial charge in [0.1, 0.15) is 6.17 Å². The Morgan fingerprint density at radius 1 is 1.14 bits per heavy atom. The fraction of sp³-hybridized carbons (Fsp3) is 1.00. The van der Waals surface area contributed by atoms with Crippen LogP contribution in [-0.4, -0.2) is 25.1 Å². The Morgan fingerprint density at radius 3 is 2.43 bits per heavy atom. The zero-order valence-electron chi connectivity index (χ0n) is 9.01. The molecule has 84 valence electrons. The van der Waals surface area contributed by atoms with E-state index in [-0.39, 0.29) is 5.92 Å². The van der Waals surface area contributed by atoms with Gasteiger partial charge < -0.3 is 4.74 Å². The van der Waals surface area contributed by atoms with E-state index in [1.165, 1.54) is 0 Å². The van der Waals surface area contributed by atoms with Crippen LogP contribution >= 0.6 is 0 Å². The van der Waals surface area contributed by atoms with Crippen molar-refractivity contribution in [2.45, 2.75) is 58.0 Å². The summed E-state index contributed by atoms with van der Waals surface area (Å²) in [4.78, 5) is 0. The molecule has 0 aromatic rings. The average Bonchev–Trinajstić information content (AvgIpc) is 2.18. The maximum atomic E-state index is 13.5. The van der Waals surface area contributed by atoms with E-state index < -0.39 is 18.4 Å². The second kappa shape index (κ2) is 5.64. The van der Waals surface area contributed by atoms with E-state index in [4.69, 9.17) is 4.74 Å². The van der Waals surface area contributed by atoms with Gasteiger partial charge in [-0.3, -0.25) is 0 Å². The summed E-state index contributed by atoms with van der Waals surface area (Å²) >= 11 is 0. The van der Waals surface area contributed by atoms with Gasteiger partial charge in [0, 0.05) is 6.61 Å². The third-order valence-electron chi connectivity index (χ3n) is 2.97. The van der Waals surface area contributed by atoms with Gasteiger partial charge in [-0.1, -0.05) is 13.3 Å².